The molecular weight excluding hydrogens is 180 g/mol. The van der Waals surface area contributed by atoms with Gasteiger partial charge in [-0.3, -0.25) is 4.68 Å². The molecule has 0 N–H and O–H groups in total. The molecule has 0 radical (unpaired) electrons. The molecule has 1 aromatic heterocycles. The van der Waals surface area contributed by atoms with Crippen molar-refractivity contribution >= 4 is 5.97 Å². The Labute approximate surface area is 82.9 Å². The molecule has 74 valence electrons. The quantitative estimate of drug-likeness (QED) is 0.487. The molecule has 0 unspecified atom stereocenters. The van der Waals surface area contributed by atoms with Gasteiger partial charge in [-0.15, -0.1) is 0 Å². The molecule has 0 bridgehead atoms. The number of aryl methyl sites for hydroxylation is 2. The molecular formula is C10H12N2O2. The summed E-state index contributed by atoms with van der Waals surface area (Å²) in [6.07, 6.45) is 1.81. The normalized spacial score (nSPS) is 9.07. The molecule has 14 heavy (non-hydrogen) atoms. The predicted molar refractivity (Wildman–Crippen MR) is 51.5 cm³/mol. The number of aromatic nitrogens is 2. The highest BCUT2D eigenvalue weighted by Crippen LogP contribution is 2.02. The van der Waals surface area contributed by atoms with E-state index in [9.17, 15) is 4.79 Å². The van der Waals surface area contributed by atoms with E-state index in [2.05, 4.69) is 21.7 Å². The standard InChI is InChI=1S/C10H12N2O2/c1-4-12-7-9(8(2)11-12)5-6-10(13)14-3/h7H,4H2,1-3H3. The number of hydrogen-bond acceptors (Lipinski definition) is 3. The van der Waals surface area contributed by atoms with Crippen molar-refractivity contribution in [2.24, 2.45) is 0 Å². The Kier molecular flexibility index (Phi) is 3.29. The van der Waals surface area contributed by atoms with Crippen LogP contribution < -0.4 is 0 Å². The molecule has 0 fully saturated rings. The maximum atomic E-state index is 10.7. The van der Waals surface area contributed by atoms with Crippen LogP contribution in [0.3, 0.4) is 0 Å². The molecule has 0 amide bonds. The molecule has 1 rings (SSSR count). The lowest BCUT2D eigenvalue weighted by molar-refractivity contribution is -0.133. The van der Waals surface area contributed by atoms with E-state index in [1.165, 1.54) is 7.11 Å². The highest BCUT2D eigenvalue weighted by Gasteiger charge is 2.00. The molecule has 0 saturated heterocycles. The van der Waals surface area contributed by atoms with Gasteiger partial charge in [-0.25, -0.2) is 4.79 Å². The monoisotopic (exact) mass is 192 g/mol. The number of nitrogens with zero attached hydrogens (tertiary/aromatic N) is 2. The van der Waals surface area contributed by atoms with Gasteiger partial charge in [0.1, 0.15) is 0 Å². The summed E-state index contributed by atoms with van der Waals surface area (Å²) in [7, 11) is 1.30. The van der Waals surface area contributed by atoms with Gasteiger partial charge < -0.3 is 4.74 Å². The first-order valence-electron chi connectivity index (χ1n) is 4.31. The molecule has 0 saturated carbocycles. The van der Waals surface area contributed by atoms with Gasteiger partial charge in [0.25, 0.3) is 0 Å². The molecule has 0 aliphatic carbocycles. The van der Waals surface area contributed by atoms with Crippen molar-refractivity contribution in [3.63, 3.8) is 0 Å². The minimum Gasteiger partial charge on any atom is -0.459 e. The number of rotatable bonds is 1. The second-order valence-corrected chi connectivity index (χ2v) is 2.73. The number of hydrogen-bond donors (Lipinski definition) is 0. The third-order valence-corrected chi connectivity index (χ3v) is 1.75. The Morgan fingerprint density at radius 3 is 2.93 bits per heavy atom. The average molecular weight is 192 g/mol. The second kappa shape index (κ2) is 4.47. The first kappa shape index (κ1) is 10.3. The van der Waals surface area contributed by atoms with Gasteiger partial charge in [0.2, 0.25) is 0 Å². The van der Waals surface area contributed by atoms with Crippen LogP contribution in [-0.4, -0.2) is 22.9 Å². The summed E-state index contributed by atoms with van der Waals surface area (Å²) < 4.78 is 6.18. The first-order chi connectivity index (χ1) is 6.67. The summed E-state index contributed by atoms with van der Waals surface area (Å²) in [5, 5.41) is 4.19. The fraction of sp³-hybridized carbons (Fsp3) is 0.400. The van der Waals surface area contributed by atoms with Gasteiger partial charge in [0, 0.05) is 18.7 Å². The maximum Gasteiger partial charge on any atom is 0.384 e. The Bertz CT molecular complexity index is 396. The Morgan fingerprint density at radius 1 is 1.71 bits per heavy atom. The first-order valence-corrected chi connectivity index (χ1v) is 4.31. The van der Waals surface area contributed by atoms with Crippen molar-refractivity contribution in [2.45, 2.75) is 20.4 Å². The van der Waals surface area contributed by atoms with E-state index in [1.54, 1.807) is 4.68 Å². The number of ether oxygens (including phenoxy) is 1. The average Bonchev–Trinajstić information content (AvgIpc) is 2.55. The molecule has 0 atom stereocenters. The van der Waals surface area contributed by atoms with E-state index in [1.807, 2.05) is 20.0 Å². The predicted octanol–water partition coefficient (Wildman–Crippen LogP) is 0.736. The third-order valence-electron chi connectivity index (χ3n) is 1.75. The number of esters is 1. The van der Waals surface area contributed by atoms with Crippen LogP contribution in [0.25, 0.3) is 0 Å². The minimum atomic E-state index is -0.534. The van der Waals surface area contributed by atoms with E-state index in [0.29, 0.717) is 0 Å². The smallest absolute Gasteiger partial charge is 0.384 e. The zero-order valence-electron chi connectivity index (χ0n) is 8.50. The van der Waals surface area contributed by atoms with E-state index in [-0.39, 0.29) is 0 Å². The highest BCUT2D eigenvalue weighted by molar-refractivity contribution is 5.89. The van der Waals surface area contributed by atoms with E-state index >= 15 is 0 Å². The van der Waals surface area contributed by atoms with Crippen molar-refractivity contribution in [3.8, 4) is 11.8 Å². The minimum absolute atomic E-state index is 0.534. The van der Waals surface area contributed by atoms with Crippen LogP contribution in [0.15, 0.2) is 6.20 Å². The lowest BCUT2D eigenvalue weighted by atomic mass is 10.3. The van der Waals surface area contributed by atoms with Crippen molar-refractivity contribution in [2.75, 3.05) is 7.11 Å². The molecule has 1 heterocycles. The Balaban J connectivity index is 2.89. The summed E-state index contributed by atoms with van der Waals surface area (Å²) in [5.41, 5.74) is 1.58. The molecule has 0 aliphatic heterocycles. The second-order valence-electron chi connectivity index (χ2n) is 2.73. The van der Waals surface area contributed by atoms with E-state index < -0.39 is 5.97 Å². The largest absolute Gasteiger partial charge is 0.459 e. The van der Waals surface area contributed by atoms with Gasteiger partial charge in [-0.2, -0.15) is 5.10 Å². The number of carbonyl (C=O) groups excluding carboxylic acids is 1. The lowest BCUT2D eigenvalue weighted by Crippen LogP contribution is -1.94. The van der Waals surface area contributed by atoms with Crippen LogP contribution in [0.4, 0.5) is 0 Å². The molecule has 4 nitrogen and oxygen atoms in total. The molecule has 0 aromatic carbocycles. The molecule has 1 aromatic rings. The SMILES string of the molecule is CCn1cc(C#CC(=O)OC)c(C)n1. The topological polar surface area (TPSA) is 44.1 Å². The fourth-order valence-corrected chi connectivity index (χ4v) is 0.972. The zero-order chi connectivity index (χ0) is 10.6. The zero-order valence-corrected chi connectivity index (χ0v) is 8.50. The van der Waals surface area contributed by atoms with E-state index in [0.717, 1.165) is 17.8 Å². The van der Waals surface area contributed by atoms with Crippen molar-refractivity contribution in [1.29, 1.82) is 0 Å². The highest BCUT2D eigenvalue weighted by atomic mass is 16.5. The van der Waals surface area contributed by atoms with Crippen LogP contribution in [0.5, 0.6) is 0 Å². The molecule has 4 heteroatoms. The summed E-state index contributed by atoms with van der Waals surface area (Å²) in [6, 6.07) is 0. The molecule has 0 aliphatic rings. The van der Waals surface area contributed by atoms with Gasteiger partial charge in [-0.1, -0.05) is 5.92 Å². The van der Waals surface area contributed by atoms with Crippen molar-refractivity contribution in [1.82, 2.24) is 9.78 Å². The van der Waals surface area contributed by atoms with Crippen molar-refractivity contribution < 1.29 is 9.53 Å². The maximum absolute atomic E-state index is 10.7. The number of carbonyl (C=O) groups is 1. The summed E-state index contributed by atoms with van der Waals surface area (Å²) >= 11 is 0. The van der Waals surface area contributed by atoms with Crippen LogP contribution in [0.1, 0.15) is 18.2 Å². The van der Waals surface area contributed by atoms with Crippen LogP contribution >= 0.6 is 0 Å². The Morgan fingerprint density at radius 2 is 2.43 bits per heavy atom. The fourth-order valence-electron chi connectivity index (χ4n) is 0.972. The van der Waals surface area contributed by atoms with Gasteiger partial charge in [-0.05, 0) is 13.8 Å². The van der Waals surface area contributed by atoms with Gasteiger partial charge in [0.05, 0.1) is 18.4 Å². The lowest BCUT2D eigenvalue weighted by Gasteiger charge is -1.88. The Hall–Kier alpha value is -1.76. The van der Waals surface area contributed by atoms with Crippen molar-refractivity contribution in [3.05, 3.63) is 17.5 Å². The van der Waals surface area contributed by atoms with E-state index in [4.69, 9.17) is 0 Å². The number of methoxy groups -OCH3 is 1. The van der Waals surface area contributed by atoms with Crippen LogP contribution in [-0.2, 0) is 16.1 Å². The third kappa shape index (κ3) is 2.36. The summed E-state index contributed by atoms with van der Waals surface area (Å²) in [5.74, 6) is 4.54. The summed E-state index contributed by atoms with van der Waals surface area (Å²) in [6.45, 7) is 4.64. The van der Waals surface area contributed by atoms with Crippen LogP contribution in [0.2, 0.25) is 0 Å². The van der Waals surface area contributed by atoms with Crippen LogP contribution in [0, 0.1) is 18.8 Å². The summed E-state index contributed by atoms with van der Waals surface area (Å²) in [4.78, 5) is 10.7. The molecule has 0 spiro atoms. The van der Waals surface area contributed by atoms with Gasteiger partial charge >= 0.3 is 5.97 Å². The van der Waals surface area contributed by atoms with Gasteiger partial charge in [0.15, 0.2) is 0 Å².